The summed E-state index contributed by atoms with van der Waals surface area (Å²) in [5.41, 5.74) is 1.44. The number of nitrogens with one attached hydrogen (secondary N) is 1. The normalized spacial score (nSPS) is 13.4. The maximum absolute atomic E-state index is 12.1. The Hall–Kier alpha value is -0.990. The summed E-state index contributed by atoms with van der Waals surface area (Å²) in [4.78, 5) is 0.124. The number of benzene rings is 1. The number of aliphatic hydroxyl groups is 1. The molecule has 1 rings (SSSR count). The molecule has 0 aliphatic heterocycles. The molecular weight excluding hydrogens is 282 g/mol. The molecule has 20 heavy (non-hydrogen) atoms. The van der Waals surface area contributed by atoms with Crippen LogP contribution in [0.15, 0.2) is 23.1 Å². The minimum atomic E-state index is -3.63. The highest BCUT2D eigenvalue weighted by Gasteiger charge is 2.17. The molecule has 0 saturated heterocycles. The summed E-state index contributed by atoms with van der Waals surface area (Å²) < 4.78 is 36.8. The van der Waals surface area contributed by atoms with Crippen molar-refractivity contribution in [3.63, 3.8) is 0 Å². The molecule has 0 spiro atoms. The first-order chi connectivity index (χ1) is 9.44. The van der Waals surface area contributed by atoms with Crippen molar-refractivity contribution in [2.75, 3.05) is 27.4 Å². The molecular formula is C13H21NO5S. The summed E-state index contributed by atoms with van der Waals surface area (Å²) >= 11 is 0. The maximum atomic E-state index is 12.1. The lowest BCUT2D eigenvalue weighted by Gasteiger charge is -2.15. The van der Waals surface area contributed by atoms with E-state index in [2.05, 4.69) is 4.72 Å². The minimum Gasteiger partial charge on any atom is -0.392 e. The largest absolute Gasteiger partial charge is 0.392 e. The van der Waals surface area contributed by atoms with E-state index in [1.165, 1.54) is 26.4 Å². The zero-order valence-electron chi connectivity index (χ0n) is 11.9. The predicted molar refractivity (Wildman–Crippen MR) is 75.0 cm³/mol. The van der Waals surface area contributed by atoms with Crippen molar-refractivity contribution in [2.24, 2.45) is 0 Å². The lowest BCUT2D eigenvalue weighted by molar-refractivity contribution is 0.0320. The Balaban J connectivity index is 2.83. The van der Waals surface area contributed by atoms with Crippen LogP contribution in [-0.4, -0.2) is 47.0 Å². The Kier molecular flexibility index (Phi) is 6.57. The van der Waals surface area contributed by atoms with Crippen molar-refractivity contribution in [1.82, 2.24) is 4.72 Å². The van der Waals surface area contributed by atoms with Gasteiger partial charge in [0.1, 0.15) is 0 Å². The summed E-state index contributed by atoms with van der Waals surface area (Å²) in [6, 6.07) is 4.65. The van der Waals surface area contributed by atoms with Crippen molar-refractivity contribution in [3.8, 4) is 0 Å². The third kappa shape index (κ3) is 4.53. The van der Waals surface area contributed by atoms with Crippen molar-refractivity contribution < 1.29 is 23.0 Å². The summed E-state index contributed by atoms with van der Waals surface area (Å²) in [6.45, 7) is 2.04. The molecule has 114 valence electrons. The fraction of sp³-hybridized carbons (Fsp3) is 0.538. The van der Waals surface area contributed by atoms with E-state index in [9.17, 15) is 13.5 Å². The van der Waals surface area contributed by atoms with E-state index in [1.807, 2.05) is 6.92 Å². The average molecular weight is 303 g/mol. The number of sulfonamides is 1. The van der Waals surface area contributed by atoms with Crippen molar-refractivity contribution in [1.29, 1.82) is 0 Å². The van der Waals surface area contributed by atoms with Gasteiger partial charge in [0, 0.05) is 20.8 Å². The quantitative estimate of drug-likeness (QED) is 0.727. The number of ether oxygens (including phenoxy) is 2. The molecule has 0 saturated carbocycles. The average Bonchev–Trinajstić information content (AvgIpc) is 2.43. The number of rotatable bonds is 8. The molecule has 2 N–H and O–H groups in total. The first-order valence-electron chi connectivity index (χ1n) is 6.16. The van der Waals surface area contributed by atoms with E-state index in [1.54, 1.807) is 6.07 Å². The molecule has 0 bridgehead atoms. The van der Waals surface area contributed by atoms with Crippen LogP contribution < -0.4 is 4.72 Å². The zero-order valence-corrected chi connectivity index (χ0v) is 12.7. The zero-order chi connectivity index (χ0) is 15.2. The van der Waals surface area contributed by atoms with Crippen molar-refractivity contribution in [2.45, 2.75) is 24.5 Å². The van der Waals surface area contributed by atoms with Gasteiger partial charge in [0.2, 0.25) is 10.0 Å². The second kappa shape index (κ2) is 7.70. The van der Waals surface area contributed by atoms with Crippen molar-refractivity contribution >= 4 is 10.0 Å². The lowest BCUT2D eigenvalue weighted by atomic mass is 10.1. The van der Waals surface area contributed by atoms with Crippen LogP contribution in [0.5, 0.6) is 0 Å². The first-order valence-corrected chi connectivity index (χ1v) is 7.64. The smallest absolute Gasteiger partial charge is 0.240 e. The van der Waals surface area contributed by atoms with Gasteiger partial charge < -0.3 is 14.6 Å². The monoisotopic (exact) mass is 303 g/mol. The van der Waals surface area contributed by atoms with Gasteiger partial charge in [-0.05, 0) is 30.2 Å². The summed E-state index contributed by atoms with van der Waals surface area (Å²) in [5, 5.41) is 9.18. The predicted octanol–water partition coefficient (Wildman–Crippen LogP) is 0.427. The molecule has 0 aliphatic rings. The second-order valence-electron chi connectivity index (χ2n) is 4.41. The van der Waals surface area contributed by atoms with Crippen LogP contribution in [-0.2, 0) is 26.1 Å². The first kappa shape index (κ1) is 17.1. The number of aryl methyl sites for hydroxylation is 1. The fourth-order valence-electron chi connectivity index (χ4n) is 1.67. The minimum absolute atomic E-state index is 0.120. The molecule has 0 heterocycles. The molecule has 7 heteroatoms. The molecule has 1 atom stereocenters. The molecule has 1 unspecified atom stereocenters. The van der Waals surface area contributed by atoms with Gasteiger partial charge in [-0.2, -0.15) is 0 Å². The summed E-state index contributed by atoms with van der Waals surface area (Å²) in [7, 11) is -0.614. The molecule has 6 nitrogen and oxygen atoms in total. The van der Waals surface area contributed by atoms with Crippen LogP contribution in [0, 0.1) is 6.92 Å². The van der Waals surface area contributed by atoms with Gasteiger partial charge in [-0.1, -0.05) is 6.07 Å². The molecule has 0 fully saturated rings. The van der Waals surface area contributed by atoms with Gasteiger partial charge in [-0.3, -0.25) is 0 Å². The Morgan fingerprint density at radius 2 is 2.05 bits per heavy atom. The highest BCUT2D eigenvalue weighted by atomic mass is 32.2. The van der Waals surface area contributed by atoms with Gasteiger partial charge in [-0.15, -0.1) is 0 Å². The van der Waals surface area contributed by atoms with E-state index in [0.717, 1.165) is 5.56 Å². The Bertz CT molecular complexity index is 530. The highest BCUT2D eigenvalue weighted by molar-refractivity contribution is 7.89. The topological polar surface area (TPSA) is 84.9 Å². The van der Waals surface area contributed by atoms with E-state index < -0.39 is 10.0 Å². The summed E-state index contributed by atoms with van der Waals surface area (Å²) in [5.74, 6) is 0. The van der Waals surface area contributed by atoms with Gasteiger partial charge in [0.25, 0.3) is 0 Å². The van der Waals surface area contributed by atoms with Gasteiger partial charge in [0.15, 0.2) is 0 Å². The Morgan fingerprint density at radius 1 is 1.35 bits per heavy atom. The third-order valence-corrected chi connectivity index (χ3v) is 4.41. The Morgan fingerprint density at radius 3 is 2.60 bits per heavy atom. The third-order valence-electron chi connectivity index (χ3n) is 2.99. The number of hydrogen-bond donors (Lipinski definition) is 2. The van der Waals surface area contributed by atoms with Gasteiger partial charge in [-0.25, -0.2) is 13.1 Å². The highest BCUT2D eigenvalue weighted by Crippen LogP contribution is 2.15. The second-order valence-corrected chi connectivity index (χ2v) is 6.18. The number of aliphatic hydroxyl groups excluding tert-OH is 1. The van der Waals surface area contributed by atoms with Crippen LogP contribution in [0.2, 0.25) is 0 Å². The van der Waals surface area contributed by atoms with Crippen LogP contribution in [0.3, 0.4) is 0 Å². The van der Waals surface area contributed by atoms with E-state index in [4.69, 9.17) is 9.47 Å². The lowest BCUT2D eigenvalue weighted by Crippen LogP contribution is -2.35. The van der Waals surface area contributed by atoms with Crippen LogP contribution >= 0.6 is 0 Å². The van der Waals surface area contributed by atoms with Crippen LogP contribution in [0.4, 0.5) is 0 Å². The van der Waals surface area contributed by atoms with Crippen molar-refractivity contribution in [3.05, 3.63) is 29.3 Å². The standard InChI is InChI=1S/C13H21NO5S/c1-10-4-5-13(6-11(10)8-15)20(16,17)14-7-12(19-3)9-18-2/h4-6,12,14-15H,7-9H2,1-3H3. The maximum Gasteiger partial charge on any atom is 0.240 e. The summed E-state index contributed by atoms with van der Waals surface area (Å²) in [6.07, 6.45) is -0.350. The number of hydrogen-bond acceptors (Lipinski definition) is 5. The van der Waals surface area contributed by atoms with E-state index in [-0.39, 0.29) is 24.2 Å². The molecule has 0 radical (unpaired) electrons. The molecule has 0 amide bonds. The van der Waals surface area contributed by atoms with E-state index >= 15 is 0 Å². The van der Waals surface area contributed by atoms with Gasteiger partial charge in [0.05, 0.1) is 24.2 Å². The van der Waals surface area contributed by atoms with Crippen LogP contribution in [0.1, 0.15) is 11.1 Å². The van der Waals surface area contributed by atoms with Gasteiger partial charge >= 0.3 is 0 Å². The fourth-order valence-corrected chi connectivity index (χ4v) is 2.78. The molecule has 1 aromatic rings. The van der Waals surface area contributed by atoms with Crippen LogP contribution in [0.25, 0.3) is 0 Å². The number of methoxy groups -OCH3 is 2. The Labute approximate surface area is 119 Å². The molecule has 0 aliphatic carbocycles. The SMILES string of the molecule is COCC(CNS(=O)(=O)c1ccc(C)c(CO)c1)OC. The van der Waals surface area contributed by atoms with E-state index in [0.29, 0.717) is 12.2 Å². The molecule has 0 aromatic heterocycles. The molecule has 1 aromatic carbocycles.